The fourth-order valence-electron chi connectivity index (χ4n) is 3.74. The van der Waals surface area contributed by atoms with Crippen molar-refractivity contribution in [2.24, 2.45) is 0 Å². The maximum Gasteiger partial charge on any atom is 0.433 e. The Kier molecular flexibility index (Phi) is 5.22. The molecule has 4 aromatic rings. The summed E-state index contributed by atoms with van der Waals surface area (Å²) in [5.74, 6) is -1.01. The summed E-state index contributed by atoms with van der Waals surface area (Å²) >= 11 is 1.03. The van der Waals surface area contributed by atoms with Crippen molar-refractivity contribution in [1.29, 1.82) is 0 Å². The van der Waals surface area contributed by atoms with Crippen molar-refractivity contribution in [3.63, 3.8) is 0 Å². The number of hydrogen-bond donors (Lipinski definition) is 3. The Morgan fingerprint density at radius 3 is 2.79 bits per heavy atom. The second-order valence-corrected chi connectivity index (χ2v) is 8.23. The number of carbonyl (C=O) groups is 1. The molecule has 2 atom stereocenters. The van der Waals surface area contributed by atoms with E-state index in [1.165, 1.54) is 12.1 Å². The lowest BCUT2D eigenvalue weighted by molar-refractivity contribution is -0.144. The predicted molar refractivity (Wildman–Crippen MR) is 116 cm³/mol. The third kappa shape index (κ3) is 3.65. The highest BCUT2D eigenvalue weighted by atomic mass is 32.1. The number of rotatable bonds is 3. The van der Waals surface area contributed by atoms with Gasteiger partial charge < -0.3 is 20.6 Å². The third-order valence-electron chi connectivity index (χ3n) is 5.35. The summed E-state index contributed by atoms with van der Waals surface area (Å²) in [6, 6.07) is 6.36. The number of nitrogens with two attached hydrogens (primary N) is 1. The number of carbonyl (C=O) groups excluding carboxylic acids is 1. The molecule has 0 spiro atoms. The number of nitrogens with one attached hydrogen (secondary N) is 1. The zero-order chi connectivity index (χ0) is 24.2. The lowest BCUT2D eigenvalue weighted by atomic mass is 10.1. The number of nitrogens with zero attached hydrogens (tertiary/aromatic N) is 4. The van der Waals surface area contributed by atoms with Crippen LogP contribution in [0.25, 0.3) is 21.0 Å². The van der Waals surface area contributed by atoms with E-state index in [1.54, 1.807) is 6.07 Å². The van der Waals surface area contributed by atoms with E-state index in [0.717, 1.165) is 28.6 Å². The molecular formula is C20H15F3N6O4S. The Hall–Kier alpha value is -3.62. The fourth-order valence-corrected chi connectivity index (χ4v) is 4.58. The molecule has 0 aliphatic carbocycles. The monoisotopic (exact) mass is 492 g/mol. The number of aromatic nitrogens is 4. The molecule has 1 amide bonds. The minimum absolute atomic E-state index is 0.0667. The molecule has 0 radical (unpaired) electrons. The molecule has 34 heavy (non-hydrogen) atoms. The first-order valence-corrected chi connectivity index (χ1v) is 10.7. The Bertz CT molecular complexity index is 1490. The molecule has 0 bridgehead atoms. The smallest absolute Gasteiger partial charge is 0.382 e. The maximum absolute atomic E-state index is 13.0. The van der Waals surface area contributed by atoms with Crippen molar-refractivity contribution in [3.05, 3.63) is 52.2 Å². The standard InChI is InChI=1S/C20H15F3N6O4S/c21-20(22,23)10-2-1-3-11(26-10)29-6-7-33-14(19(29)32)13(30)17-25-9-5-4-8-15(34-28-16(8)24)12(9)18(31)27-17/h1-5,13-14,30H,6-7H2,(H2,24,28)(H,25,27,31)/t13-,14-/m1/s1. The highest BCUT2D eigenvalue weighted by Crippen LogP contribution is 2.32. The van der Waals surface area contributed by atoms with Crippen LogP contribution in [-0.4, -0.2) is 49.6 Å². The number of alkyl halides is 3. The van der Waals surface area contributed by atoms with Gasteiger partial charge in [0.1, 0.15) is 29.3 Å². The van der Waals surface area contributed by atoms with Crippen molar-refractivity contribution in [3.8, 4) is 0 Å². The molecule has 1 aliphatic heterocycles. The molecule has 0 unspecified atom stereocenters. The quantitative estimate of drug-likeness (QED) is 0.393. The van der Waals surface area contributed by atoms with Crippen molar-refractivity contribution in [2.75, 3.05) is 23.8 Å². The fraction of sp³-hybridized carbons (Fsp3) is 0.250. The number of amides is 1. The van der Waals surface area contributed by atoms with E-state index < -0.39 is 35.5 Å². The van der Waals surface area contributed by atoms with Crippen LogP contribution in [0.2, 0.25) is 0 Å². The number of anilines is 2. The van der Waals surface area contributed by atoms with E-state index >= 15 is 0 Å². The predicted octanol–water partition coefficient (Wildman–Crippen LogP) is 1.99. The topological polar surface area (TPSA) is 147 Å². The average Bonchev–Trinajstić information content (AvgIpc) is 3.18. The van der Waals surface area contributed by atoms with E-state index in [2.05, 4.69) is 19.3 Å². The number of ether oxygens (including phenoxy) is 1. The molecule has 14 heteroatoms. The van der Waals surface area contributed by atoms with Gasteiger partial charge in [-0.2, -0.15) is 17.5 Å². The summed E-state index contributed by atoms with van der Waals surface area (Å²) in [6.45, 7) is -0.146. The second kappa shape index (κ2) is 8.00. The van der Waals surface area contributed by atoms with Crippen LogP contribution in [0.4, 0.5) is 24.8 Å². The Balaban J connectivity index is 1.49. The number of halogens is 3. The van der Waals surface area contributed by atoms with Crippen LogP contribution in [0.1, 0.15) is 17.6 Å². The SMILES string of the molecule is Nc1nsc2c1ccc1nc([C@H](O)[C@H]3OCCN(c4cccc(C(F)(F)F)n4)C3=O)[nH]c(=O)c12. The third-order valence-corrected chi connectivity index (χ3v) is 6.24. The normalized spacial score (nSPS) is 18.1. The summed E-state index contributed by atoms with van der Waals surface area (Å²) in [4.78, 5) is 37.0. The molecule has 10 nitrogen and oxygen atoms in total. The zero-order valence-corrected chi connectivity index (χ0v) is 17.9. The van der Waals surface area contributed by atoms with Crippen molar-refractivity contribution in [2.45, 2.75) is 18.4 Å². The highest BCUT2D eigenvalue weighted by Gasteiger charge is 2.39. The number of pyridine rings is 1. The van der Waals surface area contributed by atoms with Crippen LogP contribution in [0.15, 0.2) is 35.1 Å². The van der Waals surface area contributed by atoms with Gasteiger partial charge in [-0.05, 0) is 35.8 Å². The minimum atomic E-state index is -4.69. The van der Waals surface area contributed by atoms with Crippen molar-refractivity contribution in [1.82, 2.24) is 19.3 Å². The van der Waals surface area contributed by atoms with Gasteiger partial charge >= 0.3 is 6.18 Å². The average molecular weight is 492 g/mol. The van der Waals surface area contributed by atoms with Gasteiger partial charge in [0.2, 0.25) is 0 Å². The first-order chi connectivity index (χ1) is 16.1. The van der Waals surface area contributed by atoms with E-state index in [-0.39, 0.29) is 41.5 Å². The van der Waals surface area contributed by atoms with Crippen LogP contribution in [-0.2, 0) is 15.7 Å². The Morgan fingerprint density at radius 1 is 1.24 bits per heavy atom. The number of aliphatic hydroxyl groups excluding tert-OH is 1. The lowest BCUT2D eigenvalue weighted by Gasteiger charge is -2.33. The number of aliphatic hydroxyl groups is 1. The Morgan fingerprint density at radius 2 is 2.03 bits per heavy atom. The summed E-state index contributed by atoms with van der Waals surface area (Å²) in [5, 5.41) is 11.7. The first kappa shape index (κ1) is 22.2. The van der Waals surface area contributed by atoms with Gasteiger partial charge in [-0.1, -0.05) is 6.07 Å². The summed E-state index contributed by atoms with van der Waals surface area (Å²) < 4.78 is 49.1. The number of hydrogen-bond acceptors (Lipinski definition) is 9. The second-order valence-electron chi connectivity index (χ2n) is 7.46. The summed E-state index contributed by atoms with van der Waals surface area (Å²) in [7, 11) is 0. The van der Waals surface area contributed by atoms with Gasteiger partial charge in [-0.15, -0.1) is 0 Å². The van der Waals surface area contributed by atoms with Crippen molar-refractivity contribution < 1.29 is 27.8 Å². The molecular weight excluding hydrogens is 477 g/mol. The van der Waals surface area contributed by atoms with Crippen LogP contribution < -0.4 is 16.2 Å². The number of nitrogen functional groups attached to an aromatic ring is 1. The van der Waals surface area contributed by atoms with Crippen LogP contribution >= 0.6 is 11.5 Å². The molecule has 1 aromatic carbocycles. The molecule has 4 N–H and O–H groups in total. The number of morpholine rings is 1. The van der Waals surface area contributed by atoms with Gasteiger partial charge in [-0.25, -0.2) is 9.97 Å². The number of benzene rings is 1. The van der Waals surface area contributed by atoms with Crippen LogP contribution in [0, 0.1) is 0 Å². The Labute approximate surface area is 192 Å². The molecule has 4 heterocycles. The molecule has 176 valence electrons. The number of aromatic amines is 1. The molecule has 0 saturated carbocycles. The van der Waals surface area contributed by atoms with E-state index in [9.17, 15) is 27.9 Å². The summed E-state index contributed by atoms with van der Waals surface area (Å²) in [6.07, 6.45) is -7.90. The molecule has 1 saturated heterocycles. The maximum atomic E-state index is 13.0. The van der Waals surface area contributed by atoms with Crippen LogP contribution in [0.3, 0.4) is 0 Å². The molecule has 5 rings (SSSR count). The lowest BCUT2D eigenvalue weighted by Crippen LogP contribution is -2.51. The molecule has 3 aromatic heterocycles. The minimum Gasteiger partial charge on any atom is -0.382 e. The zero-order valence-electron chi connectivity index (χ0n) is 17.0. The van der Waals surface area contributed by atoms with Crippen LogP contribution in [0.5, 0.6) is 0 Å². The van der Waals surface area contributed by atoms with Gasteiger partial charge in [0.25, 0.3) is 11.5 Å². The largest absolute Gasteiger partial charge is 0.433 e. The van der Waals surface area contributed by atoms with Crippen molar-refractivity contribution >= 4 is 50.1 Å². The first-order valence-electron chi connectivity index (χ1n) is 9.88. The van der Waals surface area contributed by atoms with Gasteiger partial charge in [0.15, 0.2) is 6.10 Å². The van der Waals surface area contributed by atoms with E-state index in [1.807, 2.05) is 0 Å². The number of fused-ring (bicyclic) bond motifs is 3. The van der Waals surface area contributed by atoms with E-state index in [0.29, 0.717) is 10.1 Å². The molecule has 1 aliphatic rings. The molecule has 1 fully saturated rings. The number of H-pyrrole nitrogens is 1. The van der Waals surface area contributed by atoms with Gasteiger partial charge in [-0.3, -0.25) is 14.5 Å². The van der Waals surface area contributed by atoms with Gasteiger partial charge in [0, 0.05) is 5.39 Å². The van der Waals surface area contributed by atoms with E-state index in [4.69, 9.17) is 10.5 Å². The summed E-state index contributed by atoms with van der Waals surface area (Å²) in [5.41, 5.74) is 4.32. The van der Waals surface area contributed by atoms with Gasteiger partial charge in [0.05, 0.1) is 28.8 Å². The highest BCUT2D eigenvalue weighted by molar-refractivity contribution is 7.14.